The fourth-order valence-corrected chi connectivity index (χ4v) is 2.51. The van der Waals surface area contributed by atoms with E-state index < -0.39 is 5.97 Å². The number of aliphatic carboxylic acids is 1. The van der Waals surface area contributed by atoms with Gasteiger partial charge in [-0.1, -0.05) is 24.6 Å². The van der Waals surface area contributed by atoms with Crippen molar-refractivity contribution in [2.24, 2.45) is 0 Å². The largest absolute Gasteiger partial charge is 0.494 e. The van der Waals surface area contributed by atoms with Gasteiger partial charge in [-0.25, -0.2) is 0 Å². The van der Waals surface area contributed by atoms with Gasteiger partial charge in [-0.15, -0.1) is 0 Å². The van der Waals surface area contributed by atoms with E-state index in [1.807, 2.05) is 30.3 Å². The molecule has 0 spiro atoms. The quantitative estimate of drug-likeness (QED) is 0.801. The van der Waals surface area contributed by atoms with Gasteiger partial charge in [-0.2, -0.15) is 0 Å². The maximum absolute atomic E-state index is 11.1. The highest BCUT2D eigenvalue weighted by atomic mass is 16.5. The SMILES string of the molecule is O=C(O)C1CCCCN1CCCOc1ccccc1. The number of hydrogen-bond donors (Lipinski definition) is 1. The summed E-state index contributed by atoms with van der Waals surface area (Å²) in [6.07, 6.45) is 3.75. The summed E-state index contributed by atoms with van der Waals surface area (Å²) >= 11 is 0. The maximum Gasteiger partial charge on any atom is 0.320 e. The Morgan fingerprint density at radius 2 is 2.11 bits per heavy atom. The van der Waals surface area contributed by atoms with Crippen molar-refractivity contribution in [1.82, 2.24) is 4.90 Å². The molecule has 4 nitrogen and oxygen atoms in total. The number of para-hydroxylation sites is 1. The first-order valence-corrected chi connectivity index (χ1v) is 6.92. The molecule has 1 heterocycles. The molecule has 1 aliphatic heterocycles. The molecule has 1 aliphatic rings. The zero-order valence-corrected chi connectivity index (χ0v) is 11.1. The second kappa shape index (κ2) is 7.14. The zero-order chi connectivity index (χ0) is 13.5. The first kappa shape index (κ1) is 13.9. The number of carbonyl (C=O) groups is 1. The summed E-state index contributed by atoms with van der Waals surface area (Å²) < 4.78 is 5.62. The average molecular weight is 263 g/mol. The molecular formula is C15H21NO3. The first-order chi connectivity index (χ1) is 9.27. The number of likely N-dealkylation sites (tertiary alicyclic amines) is 1. The molecule has 4 heteroatoms. The molecule has 1 aromatic carbocycles. The highest BCUT2D eigenvalue weighted by molar-refractivity contribution is 5.73. The Morgan fingerprint density at radius 3 is 2.84 bits per heavy atom. The Bertz CT molecular complexity index is 394. The molecule has 0 aromatic heterocycles. The molecule has 1 aromatic rings. The fraction of sp³-hybridized carbons (Fsp3) is 0.533. The van der Waals surface area contributed by atoms with Crippen molar-refractivity contribution in [3.05, 3.63) is 30.3 Å². The van der Waals surface area contributed by atoms with Crippen molar-refractivity contribution in [1.29, 1.82) is 0 Å². The molecule has 1 N–H and O–H groups in total. The van der Waals surface area contributed by atoms with Crippen LogP contribution in [0.2, 0.25) is 0 Å². The van der Waals surface area contributed by atoms with E-state index in [9.17, 15) is 9.90 Å². The van der Waals surface area contributed by atoms with Crippen molar-refractivity contribution in [3.8, 4) is 5.75 Å². The van der Waals surface area contributed by atoms with Gasteiger partial charge >= 0.3 is 5.97 Å². The molecular weight excluding hydrogens is 242 g/mol. The molecule has 1 unspecified atom stereocenters. The third-order valence-corrected chi connectivity index (χ3v) is 3.50. The Balaban J connectivity index is 1.71. The van der Waals surface area contributed by atoms with Crippen LogP contribution in [-0.4, -0.2) is 41.7 Å². The van der Waals surface area contributed by atoms with E-state index >= 15 is 0 Å². The molecule has 0 aliphatic carbocycles. The lowest BCUT2D eigenvalue weighted by atomic mass is 10.0. The van der Waals surface area contributed by atoms with Crippen LogP contribution >= 0.6 is 0 Å². The maximum atomic E-state index is 11.1. The third kappa shape index (κ3) is 4.24. The van der Waals surface area contributed by atoms with Crippen molar-refractivity contribution in [2.45, 2.75) is 31.7 Å². The summed E-state index contributed by atoms with van der Waals surface area (Å²) in [7, 11) is 0. The summed E-state index contributed by atoms with van der Waals surface area (Å²) in [5.41, 5.74) is 0. The number of benzene rings is 1. The normalized spacial score (nSPS) is 20.1. The summed E-state index contributed by atoms with van der Waals surface area (Å²) in [6.45, 7) is 2.32. The van der Waals surface area contributed by atoms with Crippen LogP contribution in [-0.2, 0) is 4.79 Å². The molecule has 2 rings (SSSR count). The number of nitrogens with zero attached hydrogens (tertiary/aromatic N) is 1. The van der Waals surface area contributed by atoms with Gasteiger partial charge in [-0.05, 0) is 37.9 Å². The van der Waals surface area contributed by atoms with Gasteiger partial charge in [0.15, 0.2) is 0 Å². The van der Waals surface area contributed by atoms with Crippen molar-refractivity contribution < 1.29 is 14.6 Å². The summed E-state index contributed by atoms with van der Waals surface area (Å²) in [6, 6.07) is 9.41. The second-order valence-corrected chi connectivity index (χ2v) is 4.90. The number of carboxylic acids is 1. The van der Waals surface area contributed by atoms with Crippen LogP contribution in [0.1, 0.15) is 25.7 Å². The molecule has 19 heavy (non-hydrogen) atoms. The number of ether oxygens (including phenoxy) is 1. The standard InChI is InChI=1S/C15H21NO3/c17-15(18)14-9-4-5-10-16(14)11-6-12-19-13-7-2-1-3-8-13/h1-3,7-8,14H,4-6,9-12H2,(H,17,18). The van der Waals surface area contributed by atoms with Gasteiger partial charge in [0, 0.05) is 6.54 Å². The van der Waals surface area contributed by atoms with E-state index in [1.54, 1.807) is 0 Å². The van der Waals surface area contributed by atoms with Crippen LogP contribution in [0.5, 0.6) is 5.75 Å². The van der Waals surface area contributed by atoms with Crippen LogP contribution in [0.4, 0.5) is 0 Å². The molecule has 1 fully saturated rings. The van der Waals surface area contributed by atoms with Crippen molar-refractivity contribution >= 4 is 5.97 Å². The van der Waals surface area contributed by atoms with Gasteiger partial charge in [0.25, 0.3) is 0 Å². The van der Waals surface area contributed by atoms with E-state index in [0.29, 0.717) is 6.61 Å². The minimum absolute atomic E-state index is 0.300. The van der Waals surface area contributed by atoms with Gasteiger partial charge in [0.05, 0.1) is 6.61 Å². The van der Waals surface area contributed by atoms with E-state index in [1.165, 1.54) is 0 Å². The summed E-state index contributed by atoms with van der Waals surface area (Å²) in [4.78, 5) is 13.2. The Labute approximate surface area is 114 Å². The molecule has 0 bridgehead atoms. The number of hydrogen-bond acceptors (Lipinski definition) is 3. The summed E-state index contributed by atoms with van der Waals surface area (Å²) in [5.74, 6) is 0.180. The second-order valence-electron chi connectivity index (χ2n) is 4.90. The van der Waals surface area contributed by atoms with Gasteiger partial charge in [0.2, 0.25) is 0 Å². The van der Waals surface area contributed by atoms with Crippen LogP contribution in [0, 0.1) is 0 Å². The lowest BCUT2D eigenvalue weighted by Crippen LogP contribution is -2.45. The predicted octanol–water partition coefficient (Wildman–Crippen LogP) is 2.39. The third-order valence-electron chi connectivity index (χ3n) is 3.50. The Morgan fingerprint density at radius 1 is 1.32 bits per heavy atom. The summed E-state index contributed by atoms with van der Waals surface area (Å²) in [5, 5.41) is 9.17. The number of piperidine rings is 1. The van der Waals surface area contributed by atoms with Crippen molar-refractivity contribution in [3.63, 3.8) is 0 Å². The predicted molar refractivity (Wildman–Crippen MR) is 73.4 cm³/mol. The fourth-order valence-electron chi connectivity index (χ4n) is 2.51. The monoisotopic (exact) mass is 263 g/mol. The van der Waals surface area contributed by atoms with Gasteiger partial charge < -0.3 is 9.84 Å². The molecule has 0 saturated carbocycles. The molecule has 1 saturated heterocycles. The number of carboxylic acid groups (broad SMARTS) is 1. The average Bonchev–Trinajstić information content (AvgIpc) is 2.45. The molecule has 0 radical (unpaired) electrons. The minimum Gasteiger partial charge on any atom is -0.494 e. The highest BCUT2D eigenvalue weighted by Crippen LogP contribution is 2.17. The zero-order valence-electron chi connectivity index (χ0n) is 11.1. The molecule has 0 amide bonds. The van der Waals surface area contributed by atoms with Crippen molar-refractivity contribution in [2.75, 3.05) is 19.7 Å². The highest BCUT2D eigenvalue weighted by Gasteiger charge is 2.27. The van der Waals surface area contributed by atoms with Crippen LogP contribution in [0.15, 0.2) is 30.3 Å². The lowest BCUT2D eigenvalue weighted by molar-refractivity contribution is -0.144. The minimum atomic E-state index is -0.691. The van der Waals surface area contributed by atoms with E-state index in [2.05, 4.69) is 4.90 Å². The smallest absolute Gasteiger partial charge is 0.320 e. The van der Waals surface area contributed by atoms with Crippen LogP contribution in [0.25, 0.3) is 0 Å². The first-order valence-electron chi connectivity index (χ1n) is 6.92. The molecule has 104 valence electrons. The topological polar surface area (TPSA) is 49.8 Å². The van der Waals surface area contributed by atoms with Gasteiger partial charge in [-0.3, -0.25) is 9.69 Å². The lowest BCUT2D eigenvalue weighted by Gasteiger charge is -2.32. The van der Waals surface area contributed by atoms with Crippen LogP contribution < -0.4 is 4.74 Å². The van der Waals surface area contributed by atoms with E-state index in [-0.39, 0.29) is 6.04 Å². The Hall–Kier alpha value is -1.55. The van der Waals surface area contributed by atoms with E-state index in [0.717, 1.165) is 44.5 Å². The Kier molecular flexibility index (Phi) is 5.21. The van der Waals surface area contributed by atoms with Gasteiger partial charge in [0.1, 0.15) is 11.8 Å². The van der Waals surface area contributed by atoms with E-state index in [4.69, 9.17) is 4.74 Å². The number of rotatable bonds is 6. The van der Waals surface area contributed by atoms with Crippen LogP contribution in [0.3, 0.4) is 0 Å². The molecule has 1 atom stereocenters.